The minimum atomic E-state index is -1.28. The molecule has 0 saturated heterocycles. The van der Waals surface area contributed by atoms with E-state index in [0.29, 0.717) is 0 Å². The fourth-order valence-corrected chi connectivity index (χ4v) is 1.44. The number of carbonyl (C=O) groups is 1. The zero-order chi connectivity index (χ0) is 14.6. The van der Waals surface area contributed by atoms with Crippen LogP contribution in [0.25, 0.3) is 0 Å². The van der Waals surface area contributed by atoms with Gasteiger partial charge < -0.3 is 14.9 Å². The maximum absolute atomic E-state index is 13.1. The minimum absolute atomic E-state index is 0.0911. The maximum Gasteiger partial charge on any atom is 0.412 e. The second-order valence-corrected chi connectivity index (χ2v) is 5.06. The normalized spacial score (nSPS) is 12.9. The molecule has 0 aliphatic rings. The van der Waals surface area contributed by atoms with Crippen LogP contribution in [0.1, 0.15) is 32.4 Å². The first-order chi connectivity index (χ1) is 8.73. The van der Waals surface area contributed by atoms with Crippen molar-refractivity contribution < 1.29 is 24.1 Å². The molecule has 0 saturated carbocycles. The van der Waals surface area contributed by atoms with E-state index in [1.807, 2.05) is 0 Å². The second kappa shape index (κ2) is 5.99. The van der Waals surface area contributed by atoms with Gasteiger partial charge in [0.25, 0.3) is 0 Å². The molecule has 1 aromatic rings. The van der Waals surface area contributed by atoms with E-state index in [1.165, 1.54) is 6.07 Å². The van der Waals surface area contributed by atoms with Crippen LogP contribution in [0.3, 0.4) is 0 Å². The lowest BCUT2D eigenvalue weighted by atomic mass is 10.1. The van der Waals surface area contributed by atoms with Crippen molar-refractivity contribution in [3.63, 3.8) is 0 Å². The molecule has 0 aromatic heterocycles. The summed E-state index contributed by atoms with van der Waals surface area (Å²) < 4.78 is 18.2. The SMILES string of the molecule is CC(C)(C)OC(=O)Nc1ccc(F)cc1C(O)CO. The van der Waals surface area contributed by atoms with Crippen molar-refractivity contribution >= 4 is 11.8 Å². The first kappa shape index (κ1) is 15.4. The van der Waals surface area contributed by atoms with Crippen molar-refractivity contribution in [1.29, 1.82) is 0 Å². The van der Waals surface area contributed by atoms with Crippen LogP contribution < -0.4 is 5.32 Å². The number of aliphatic hydroxyl groups is 2. The summed E-state index contributed by atoms with van der Waals surface area (Å²) in [6.45, 7) is 4.55. The molecule has 19 heavy (non-hydrogen) atoms. The summed E-state index contributed by atoms with van der Waals surface area (Å²) in [6.07, 6.45) is -1.99. The fraction of sp³-hybridized carbons (Fsp3) is 0.462. The lowest BCUT2D eigenvalue weighted by Gasteiger charge is -2.21. The molecule has 0 heterocycles. The average Bonchev–Trinajstić information content (AvgIpc) is 2.28. The Morgan fingerprint density at radius 1 is 1.47 bits per heavy atom. The summed E-state index contributed by atoms with van der Waals surface area (Å²) in [4.78, 5) is 11.6. The second-order valence-electron chi connectivity index (χ2n) is 5.06. The number of halogens is 1. The van der Waals surface area contributed by atoms with Crippen LogP contribution >= 0.6 is 0 Å². The Morgan fingerprint density at radius 2 is 2.11 bits per heavy atom. The molecule has 1 atom stereocenters. The predicted molar refractivity (Wildman–Crippen MR) is 68.3 cm³/mol. The van der Waals surface area contributed by atoms with E-state index in [4.69, 9.17) is 9.84 Å². The Hall–Kier alpha value is -1.66. The molecule has 1 rings (SSSR count). The highest BCUT2D eigenvalue weighted by molar-refractivity contribution is 5.86. The van der Waals surface area contributed by atoms with Gasteiger partial charge in [0, 0.05) is 5.56 Å². The molecule has 0 aliphatic heterocycles. The topological polar surface area (TPSA) is 78.8 Å². The molecule has 6 heteroatoms. The zero-order valence-electron chi connectivity index (χ0n) is 11.1. The van der Waals surface area contributed by atoms with E-state index in [1.54, 1.807) is 20.8 Å². The molecule has 3 N–H and O–H groups in total. The number of ether oxygens (including phenoxy) is 1. The molecule has 0 aliphatic carbocycles. The van der Waals surface area contributed by atoms with E-state index in [9.17, 15) is 14.3 Å². The zero-order valence-corrected chi connectivity index (χ0v) is 11.1. The van der Waals surface area contributed by atoms with Crippen LogP contribution in [0, 0.1) is 5.82 Å². The maximum atomic E-state index is 13.1. The molecular weight excluding hydrogens is 253 g/mol. The van der Waals surface area contributed by atoms with Crippen LogP contribution in [0.2, 0.25) is 0 Å². The lowest BCUT2D eigenvalue weighted by Crippen LogP contribution is -2.27. The molecule has 0 fully saturated rings. The summed E-state index contributed by atoms with van der Waals surface area (Å²) in [5, 5.41) is 20.9. The molecule has 106 valence electrons. The highest BCUT2D eigenvalue weighted by Crippen LogP contribution is 2.24. The molecule has 0 spiro atoms. The first-order valence-corrected chi connectivity index (χ1v) is 5.81. The van der Waals surface area contributed by atoms with Crippen LogP contribution in [0.5, 0.6) is 0 Å². The van der Waals surface area contributed by atoms with Gasteiger partial charge in [-0.05, 0) is 39.0 Å². The number of benzene rings is 1. The molecule has 1 unspecified atom stereocenters. The summed E-state index contributed by atoms with van der Waals surface area (Å²) in [6, 6.07) is 3.49. The quantitative estimate of drug-likeness (QED) is 0.787. The van der Waals surface area contributed by atoms with Gasteiger partial charge in [-0.3, -0.25) is 5.32 Å². The number of hydrogen-bond acceptors (Lipinski definition) is 4. The van der Waals surface area contributed by atoms with E-state index in [0.717, 1.165) is 12.1 Å². The van der Waals surface area contributed by atoms with Gasteiger partial charge in [-0.2, -0.15) is 0 Å². The molecule has 0 radical (unpaired) electrons. The predicted octanol–water partition coefficient (Wildman–Crippen LogP) is 2.20. The first-order valence-electron chi connectivity index (χ1n) is 5.81. The Balaban J connectivity index is 2.91. The molecule has 1 amide bonds. The number of hydrogen-bond donors (Lipinski definition) is 3. The summed E-state index contributed by atoms with van der Waals surface area (Å²) in [7, 11) is 0. The van der Waals surface area contributed by atoms with Crippen LogP contribution in [0.4, 0.5) is 14.9 Å². The van der Waals surface area contributed by atoms with Gasteiger partial charge in [0.1, 0.15) is 17.5 Å². The summed E-state index contributed by atoms with van der Waals surface area (Å²) in [5.41, 5.74) is -0.384. The smallest absolute Gasteiger partial charge is 0.412 e. The number of rotatable bonds is 3. The monoisotopic (exact) mass is 271 g/mol. The van der Waals surface area contributed by atoms with Gasteiger partial charge >= 0.3 is 6.09 Å². The highest BCUT2D eigenvalue weighted by atomic mass is 19.1. The van der Waals surface area contributed by atoms with Crippen molar-refractivity contribution in [2.75, 3.05) is 11.9 Å². The highest BCUT2D eigenvalue weighted by Gasteiger charge is 2.19. The van der Waals surface area contributed by atoms with Crippen molar-refractivity contribution in [3.05, 3.63) is 29.6 Å². The Morgan fingerprint density at radius 3 is 2.63 bits per heavy atom. The number of amides is 1. The van der Waals surface area contributed by atoms with Gasteiger partial charge in [0.15, 0.2) is 0 Å². The van der Waals surface area contributed by atoms with E-state index in [2.05, 4.69) is 5.32 Å². The Bertz CT molecular complexity index is 456. The summed E-state index contributed by atoms with van der Waals surface area (Å²) in [5.74, 6) is -0.572. The van der Waals surface area contributed by atoms with Crippen molar-refractivity contribution in [2.45, 2.75) is 32.5 Å². The van der Waals surface area contributed by atoms with Crippen molar-refractivity contribution in [1.82, 2.24) is 0 Å². The molecule has 5 nitrogen and oxygen atoms in total. The van der Waals surface area contributed by atoms with Gasteiger partial charge in [0.2, 0.25) is 0 Å². The minimum Gasteiger partial charge on any atom is -0.444 e. The van der Waals surface area contributed by atoms with Crippen LogP contribution in [-0.2, 0) is 4.74 Å². The van der Waals surface area contributed by atoms with Crippen molar-refractivity contribution in [3.8, 4) is 0 Å². The largest absolute Gasteiger partial charge is 0.444 e. The van der Waals surface area contributed by atoms with Gasteiger partial charge in [-0.1, -0.05) is 0 Å². The van der Waals surface area contributed by atoms with Gasteiger partial charge in [0.05, 0.1) is 12.3 Å². The molecular formula is C13H18FNO4. The Kier molecular flexibility index (Phi) is 4.85. The number of aliphatic hydroxyl groups excluding tert-OH is 2. The Labute approximate surface area is 111 Å². The third-order valence-corrected chi connectivity index (χ3v) is 2.18. The van der Waals surface area contributed by atoms with Gasteiger partial charge in [-0.25, -0.2) is 9.18 Å². The van der Waals surface area contributed by atoms with Crippen LogP contribution in [-0.4, -0.2) is 28.5 Å². The third-order valence-electron chi connectivity index (χ3n) is 2.18. The van der Waals surface area contributed by atoms with Crippen LogP contribution in [0.15, 0.2) is 18.2 Å². The van der Waals surface area contributed by atoms with E-state index in [-0.39, 0.29) is 11.3 Å². The third kappa shape index (κ3) is 4.84. The standard InChI is InChI=1S/C13H18FNO4/c1-13(2,3)19-12(18)15-10-5-4-8(14)6-9(10)11(17)7-16/h4-6,11,16-17H,7H2,1-3H3,(H,15,18). The number of nitrogens with one attached hydrogen (secondary N) is 1. The number of anilines is 1. The molecule has 1 aromatic carbocycles. The fourth-order valence-electron chi connectivity index (χ4n) is 1.44. The van der Waals surface area contributed by atoms with Crippen molar-refractivity contribution in [2.24, 2.45) is 0 Å². The van der Waals surface area contributed by atoms with E-state index >= 15 is 0 Å². The van der Waals surface area contributed by atoms with Gasteiger partial charge in [-0.15, -0.1) is 0 Å². The lowest BCUT2D eigenvalue weighted by molar-refractivity contribution is 0.0634. The molecule has 0 bridgehead atoms. The average molecular weight is 271 g/mol. The van der Waals surface area contributed by atoms with E-state index < -0.39 is 30.2 Å². The summed E-state index contributed by atoms with van der Waals surface area (Å²) >= 11 is 0. The number of carbonyl (C=O) groups excluding carboxylic acids is 1.